The molecule has 2 N–H and O–H groups in total. The van der Waals surface area contributed by atoms with Gasteiger partial charge in [-0.2, -0.15) is 4.98 Å². The van der Waals surface area contributed by atoms with Crippen molar-refractivity contribution < 1.29 is 13.7 Å². The lowest BCUT2D eigenvalue weighted by Crippen LogP contribution is -2.41. The highest BCUT2D eigenvalue weighted by Crippen LogP contribution is 2.17. The summed E-state index contributed by atoms with van der Waals surface area (Å²) in [6.07, 6.45) is 2.12. The van der Waals surface area contributed by atoms with Crippen LogP contribution in [0.15, 0.2) is 28.8 Å². The van der Waals surface area contributed by atoms with Crippen LogP contribution < -0.4 is 10.6 Å². The Morgan fingerprint density at radius 2 is 2.36 bits per heavy atom. The fraction of sp³-hybridized carbons (Fsp3) is 0.471. The van der Waals surface area contributed by atoms with Crippen LogP contribution in [0.25, 0.3) is 0 Å². The van der Waals surface area contributed by atoms with E-state index in [1.54, 1.807) is 19.1 Å². The number of hydrogen-bond acceptors (Lipinski definition) is 5. The van der Waals surface area contributed by atoms with E-state index < -0.39 is 0 Å². The van der Waals surface area contributed by atoms with E-state index in [-0.39, 0.29) is 11.8 Å². The number of carbonyl (C=O) groups excluding carboxylic acids is 1. The van der Waals surface area contributed by atoms with E-state index in [0.717, 1.165) is 25.9 Å². The minimum atomic E-state index is -0.378. The van der Waals surface area contributed by atoms with Gasteiger partial charge in [-0.1, -0.05) is 11.2 Å². The summed E-state index contributed by atoms with van der Waals surface area (Å²) in [5, 5.41) is 9.30. The summed E-state index contributed by atoms with van der Waals surface area (Å²) in [6, 6.07) is 5.51. The van der Waals surface area contributed by atoms with Crippen molar-refractivity contribution in [1.82, 2.24) is 20.4 Å². The molecule has 1 fully saturated rings. The number of halogens is 1. The number of rotatable bonds is 5. The molecule has 1 aliphatic rings. The van der Waals surface area contributed by atoms with E-state index in [2.05, 4.69) is 25.7 Å². The number of urea groups is 1. The highest BCUT2D eigenvalue weighted by molar-refractivity contribution is 5.89. The largest absolute Gasteiger partial charge is 0.338 e. The average molecular weight is 347 g/mol. The summed E-state index contributed by atoms with van der Waals surface area (Å²) in [5.74, 6) is 1.24. The third-order valence-corrected chi connectivity index (χ3v) is 4.17. The van der Waals surface area contributed by atoms with Gasteiger partial charge < -0.3 is 15.2 Å². The minimum Gasteiger partial charge on any atom is -0.338 e. The second-order valence-corrected chi connectivity index (χ2v) is 6.32. The van der Waals surface area contributed by atoms with Crippen molar-refractivity contribution in [2.45, 2.75) is 26.3 Å². The maximum Gasteiger partial charge on any atom is 0.319 e. The van der Waals surface area contributed by atoms with Crippen LogP contribution in [0.3, 0.4) is 0 Å². The third kappa shape index (κ3) is 5.25. The SMILES string of the molecule is Cc1noc(CN2CCC[C@H](CNC(=O)Nc3cccc(F)c3)C2)n1. The molecular weight excluding hydrogens is 325 g/mol. The molecule has 1 atom stereocenters. The zero-order valence-electron chi connectivity index (χ0n) is 14.2. The molecular formula is C17H22FN5O2. The zero-order chi connectivity index (χ0) is 17.6. The van der Waals surface area contributed by atoms with E-state index in [1.165, 1.54) is 12.1 Å². The number of piperidine rings is 1. The molecule has 0 saturated carbocycles. The summed E-state index contributed by atoms with van der Waals surface area (Å²) in [7, 11) is 0. The number of aromatic nitrogens is 2. The predicted molar refractivity (Wildman–Crippen MR) is 90.5 cm³/mol. The lowest BCUT2D eigenvalue weighted by atomic mass is 9.98. The average Bonchev–Trinajstić information content (AvgIpc) is 2.98. The molecule has 1 aliphatic heterocycles. The second kappa shape index (κ2) is 8.06. The molecule has 0 bridgehead atoms. The topological polar surface area (TPSA) is 83.3 Å². The van der Waals surface area contributed by atoms with Crippen molar-refractivity contribution in [2.24, 2.45) is 5.92 Å². The van der Waals surface area contributed by atoms with Gasteiger partial charge in [-0.25, -0.2) is 9.18 Å². The molecule has 1 saturated heterocycles. The van der Waals surface area contributed by atoms with Gasteiger partial charge in [0, 0.05) is 18.8 Å². The molecule has 25 heavy (non-hydrogen) atoms. The highest BCUT2D eigenvalue weighted by Gasteiger charge is 2.22. The summed E-state index contributed by atoms with van der Waals surface area (Å²) < 4.78 is 18.3. The number of benzene rings is 1. The van der Waals surface area contributed by atoms with Crippen LogP contribution in [0, 0.1) is 18.7 Å². The van der Waals surface area contributed by atoms with Crippen LogP contribution in [0.5, 0.6) is 0 Å². The summed E-state index contributed by atoms with van der Waals surface area (Å²) in [6.45, 7) is 4.84. The fourth-order valence-electron chi connectivity index (χ4n) is 3.04. The van der Waals surface area contributed by atoms with Crippen LogP contribution in [0.2, 0.25) is 0 Å². The van der Waals surface area contributed by atoms with Crippen LogP contribution in [-0.2, 0) is 6.54 Å². The maximum absolute atomic E-state index is 13.1. The first-order valence-electron chi connectivity index (χ1n) is 8.40. The van der Waals surface area contributed by atoms with Gasteiger partial charge in [0.1, 0.15) is 5.82 Å². The van der Waals surface area contributed by atoms with Crippen molar-refractivity contribution >= 4 is 11.7 Å². The normalized spacial score (nSPS) is 18.1. The number of nitrogens with zero attached hydrogens (tertiary/aromatic N) is 3. The number of hydrogen-bond donors (Lipinski definition) is 2. The Morgan fingerprint density at radius 1 is 1.48 bits per heavy atom. The molecule has 1 aromatic carbocycles. The van der Waals surface area contributed by atoms with Gasteiger partial charge in [-0.05, 0) is 50.4 Å². The van der Waals surface area contributed by atoms with Crippen molar-refractivity contribution in [1.29, 1.82) is 0 Å². The second-order valence-electron chi connectivity index (χ2n) is 6.32. The van der Waals surface area contributed by atoms with Crippen LogP contribution in [-0.4, -0.2) is 40.7 Å². The number of nitrogens with one attached hydrogen (secondary N) is 2. The van der Waals surface area contributed by atoms with Crippen LogP contribution >= 0.6 is 0 Å². The number of carbonyl (C=O) groups is 1. The quantitative estimate of drug-likeness (QED) is 0.868. The first-order chi connectivity index (χ1) is 12.1. The number of aryl methyl sites for hydroxylation is 1. The first-order valence-corrected chi connectivity index (χ1v) is 8.40. The lowest BCUT2D eigenvalue weighted by Gasteiger charge is -2.31. The molecule has 3 rings (SSSR count). The Kier molecular flexibility index (Phi) is 5.60. The highest BCUT2D eigenvalue weighted by atomic mass is 19.1. The molecule has 0 radical (unpaired) electrons. The molecule has 2 amide bonds. The minimum absolute atomic E-state index is 0.324. The number of amides is 2. The number of likely N-dealkylation sites (tertiary alicyclic amines) is 1. The first kappa shape index (κ1) is 17.3. The van der Waals surface area contributed by atoms with E-state index in [1.807, 2.05) is 0 Å². The van der Waals surface area contributed by atoms with Crippen molar-refractivity contribution in [3.63, 3.8) is 0 Å². The monoisotopic (exact) mass is 347 g/mol. The van der Waals surface area contributed by atoms with Crippen molar-refractivity contribution in [3.05, 3.63) is 41.8 Å². The Balaban J connectivity index is 1.43. The number of anilines is 1. The molecule has 8 heteroatoms. The van der Waals surface area contributed by atoms with Gasteiger partial charge in [0.25, 0.3) is 0 Å². The molecule has 0 spiro atoms. The molecule has 1 aromatic heterocycles. The molecule has 134 valence electrons. The standard InChI is InChI=1S/C17H22FN5O2/c1-12-20-16(25-22-12)11-23-7-3-4-13(10-23)9-19-17(24)21-15-6-2-5-14(18)8-15/h2,5-6,8,13H,3-4,7,9-11H2,1H3,(H2,19,21,24)/t13-/m1/s1. The van der Waals surface area contributed by atoms with Gasteiger partial charge >= 0.3 is 6.03 Å². The molecule has 2 aromatic rings. The van der Waals surface area contributed by atoms with Gasteiger partial charge in [-0.3, -0.25) is 4.90 Å². The van der Waals surface area contributed by atoms with Crippen LogP contribution in [0.1, 0.15) is 24.6 Å². The third-order valence-electron chi connectivity index (χ3n) is 4.17. The summed E-state index contributed by atoms with van der Waals surface area (Å²) in [5.41, 5.74) is 0.439. The zero-order valence-corrected chi connectivity index (χ0v) is 14.2. The maximum atomic E-state index is 13.1. The molecule has 0 aliphatic carbocycles. The lowest BCUT2D eigenvalue weighted by molar-refractivity contribution is 0.149. The van der Waals surface area contributed by atoms with E-state index in [4.69, 9.17) is 4.52 Å². The molecule has 0 unspecified atom stereocenters. The van der Waals surface area contributed by atoms with E-state index >= 15 is 0 Å². The Labute approximate surface area is 145 Å². The van der Waals surface area contributed by atoms with Gasteiger partial charge in [0.15, 0.2) is 5.82 Å². The van der Waals surface area contributed by atoms with Gasteiger partial charge in [-0.15, -0.1) is 0 Å². The van der Waals surface area contributed by atoms with E-state index in [0.29, 0.717) is 36.4 Å². The van der Waals surface area contributed by atoms with Crippen molar-refractivity contribution in [2.75, 3.05) is 25.0 Å². The fourth-order valence-corrected chi connectivity index (χ4v) is 3.04. The Bertz CT molecular complexity index is 721. The van der Waals surface area contributed by atoms with Crippen LogP contribution in [0.4, 0.5) is 14.9 Å². The van der Waals surface area contributed by atoms with Crippen molar-refractivity contribution in [3.8, 4) is 0 Å². The summed E-state index contributed by atoms with van der Waals surface area (Å²) >= 11 is 0. The van der Waals surface area contributed by atoms with E-state index in [9.17, 15) is 9.18 Å². The summed E-state index contributed by atoms with van der Waals surface area (Å²) in [4.78, 5) is 18.4. The predicted octanol–water partition coefficient (Wildman–Crippen LogP) is 2.55. The van der Waals surface area contributed by atoms with Gasteiger partial charge in [0.05, 0.1) is 6.54 Å². The Hall–Kier alpha value is -2.48. The Morgan fingerprint density at radius 3 is 3.12 bits per heavy atom. The smallest absolute Gasteiger partial charge is 0.319 e. The molecule has 2 heterocycles. The van der Waals surface area contributed by atoms with Gasteiger partial charge in [0.2, 0.25) is 5.89 Å². The molecule has 7 nitrogen and oxygen atoms in total.